The van der Waals surface area contributed by atoms with Gasteiger partial charge in [0, 0.05) is 5.92 Å². The van der Waals surface area contributed by atoms with Crippen LogP contribution in [0.2, 0.25) is 0 Å². The molecule has 1 unspecified atom stereocenters. The highest BCUT2D eigenvalue weighted by Crippen LogP contribution is 2.30. The third kappa shape index (κ3) is 3.98. The highest BCUT2D eigenvalue weighted by Gasteiger charge is 2.26. The molecule has 0 spiro atoms. The fraction of sp³-hybridized carbons (Fsp3) is 0.556. The Kier molecular flexibility index (Phi) is 5.08. The molecular formula is C18H25N3O2. The number of rotatable bonds is 5. The number of hydrogen-bond acceptors (Lipinski definition) is 5. The van der Waals surface area contributed by atoms with Gasteiger partial charge in [-0.3, -0.25) is 4.90 Å². The number of aliphatic hydroxyl groups excluding tert-OH is 1. The molecule has 23 heavy (non-hydrogen) atoms. The van der Waals surface area contributed by atoms with Crippen molar-refractivity contribution in [3.05, 3.63) is 47.6 Å². The minimum atomic E-state index is -0.365. The van der Waals surface area contributed by atoms with Gasteiger partial charge in [-0.05, 0) is 37.4 Å². The van der Waals surface area contributed by atoms with E-state index in [4.69, 9.17) is 4.52 Å². The third-order valence-electron chi connectivity index (χ3n) is 4.56. The monoisotopic (exact) mass is 315 g/mol. The average molecular weight is 315 g/mol. The summed E-state index contributed by atoms with van der Waals surface area (Å²) in [6, 6.07) is 9.95. The van der Waals surface area contributed by atoms with Gasteiger partial charge in [-0.15, -0.1) is 0 Å². The number of aromatic nitrogens is 2. The van der Waals surface area contributed by atoms with Crippen molar-refractivity contribution in [3.63, 3.8) is 0 Å². The lowest BCUT2D eigenvalue weighted by atomic mass is 9.87. The molecule has 5 heteroatoms. The van der Waals surface area contributed by atoms with Gasteiger partial charge >= 0.3 is 0 Å². The Bertz CT molecular complexity index is 604. The second-order valence-corrected chi connectivity index (χ2v) is 6.67. The molecule has 0 saturated carbocycles. The molecule has 1 N–H and O–H groups in total. The third-order valence-corrected chi connectivity index (χ3v) is 4.56. The summed E-state index contributed by atoms with van der Waals surface area (Å²) in [5.74, 6) is 2.05. The van der Waals surface area contributed by atoms with Crippen LogP contribution in [0.5, 0.6) is 0 Å². The summed E-state index contributed by atoms with van der Waals surface area (Å²) in [7, 11) is 0. The molecule has 0 aliphatic carbocycles. The molecule has 2 heterocycles. The van der Waals surface area contributed by atoms with Crippen molar-refractivity contribution < 1.29 is 9.63 Å². The Morgan fingerprint density at radius 3 is 2.52 bits per heavy atom. The Morgan fingerprint density at radius 1 is 1.22 bits per heavy atom. The van der Waals surface area contributed by atoms with Crippen molar-refractivity contribution in [2.45, 2.75) is 45.3 Å². The zero-order valence-electron chi connectivity index (χ0n) is 13.9. The maximum atomic E-state index is 10.5. The number of likely N-dealkylation sites (tertiary alicyclic amines) is 1. The van der Waals surface area contributed by atoms with E-state index >= 15 is 0 Å². The van der Waals surface area contributed by atoms with Crippen molar-refractivity contribution in [2.75, 3.05) is 13.1 Å². The van der Waals surface area contributed by atoms with Crippen LogP contribution in [0.4, 0.5) is 0 Å². The molecule has 2 aromatic rings. The smallest absolute Gasteiger partial charge is 0.229 e. The quantitative estimate of drug-likeness (QED) is 0.918. The Hall–Kier alpha value is -1.72. The van der Waals surface area contributed by atoms with Gasteiger partial charge in [0.25, 0.3) is 0 Å². The molecule has 1 fully saturated rings. The number of aliphatic hydroxyl groups is 1. The molecule has 0 bridgehead atoms. The van der Waals surface area contributed by atoms with Crippen molar-refractivity contribution in [1.29, 1.82) is 0 Å². The van der Waals surface area contributed by atoms with Gasteiger partial charge in [0.1, 0.15) is 0 Å². The summed E-state index contributed by atoms with van der Waals surface area (Å²) >= 11 is 0. The van der Waals surface area contributed by atoms with Crippen LogP contribution in [0, 0.1) is 5.92 Å². The number of piperidine rings is 1. The minimum Gasteiger partial charge on any atom is -0.388 e. The van der Waals surface area contributed by atoms with Gasteiger partial charge in [-0.1, -0.05) is 49.3 Å². The Balaban J connectivity index is 1.52. The lowest BCUT2D eigenvalue weighted by molar-refractivity contribution is 0.0558. The highest BCUT2D eigenvalue weighted by atomic mass is 16.5. The molecule has 1 aliphatic heterocycles. The summed E-state index contributed by atoms with van der Waals surface area (Å²) < 4.78 is 5.26. The lowest BCUT2D eigenvalue weighted by Gasteiger charge is -2.33. The van der Waals surface area contributed by atoms with Crippen molar-refractivity contribution in [1.82, 2.24) is 15.0 Å². The van der Waals surface area contributed by atoms with Crippen LogP contribution in [-0.2, 0) is 6.54 Å². The van der Waals surface area contributed by atoms with Crippen LogP contribution < -0.4 is 0 Å². The summed E-state index contributed by atoms with van der Waals surface area (Å²) in [5.41, 5.74) is 1.02. The molecule has 5 nitrogen and oxygen atoms in total. The van der Waals surface area contributed by atoms with E-state index in [1.165, 1.54) is 0 Å². The van der Waals surface area contributed by atoms with Crippen LogP contribution in [-0.4, -0.2) is 33.2 Å². The second kappa shape index (κ2) is 7.23. The van der Waals surface area contributed by atoms with E-state index in [1.807, 2.05) is 44.2 Å². The van der Waals surface area contributed by atoms with Crippen molar-refractivity contribution in [2.24, 2.45) is 5.92 Å². The van der Waals surface area contributed by atoms with Gasteiger partial charge in [-0.25, -0.2) is 0 Å². The molecule has 0 amide bonds. The second-order valence-electron chi connectivity index (χ2n) is 6.67. The van der Waals surface area contributed by atoms with Crippen LogP contribution in [0.15, 0.2) is 34.9 Å². The van der Waals surface area contributed by atoms with Crippen molar-refractivity contribution in [3.8, 4) is 0 Å². The predicted molar refractivity (Wildman–Crippen MR) is 87.8 cm³/mol. The average Bonchev–Trinajstić information content (AvgIpc) is 3.04. The van der Waals surface area contributed by atoms with Crippen LogP contribution in [0.3, 0.4) is 0 Å². The predicted octanol–water partition coefficient (Wildman–Crippen LogP) is 3.14. The Labute approximate surface area is 137 Å². The summed E-state index contributed by atoms with van der Waals surface area (Å²) in [6.45, 7) is 6.74. The van der Waals surface area contributed by atoms with Gasteiger partial charge in [-0.2, -0.15) is 4.98 Å². The minimum absolute atomic E-state index is 0.267. The topological polar surface area (TPSA) is 62.4 Å². The van der Waals surface area contributed by atoms with Gasteiger partial charge in [0.15, 0.2) is 5.82 Å². The first-order valence-electron chi connectivity index (χ1n) is 8.41. The molecule has 1 atom stereocenters. The molecule has 1 saturated heterocycles. The highest BCUT2D eigenvalue weighted by molar-refractivity contribution is 5.18. The lowest BCUT2D eigenvalue weighted by Crippen LogP contribution is -2.35. The van der Waals surface area contributed by atoms with Crippen LogP contribution >= 0.6 is 0 Å². The maximum Gasteiger partial charge on any atom is 0.229 e. The molecule has 3 rings (SSSR count). The zero-order valence-corrected chi connectivity index (χ0v) is 13.9. The standard InChI is InChI=1S/C18H25N3O2/c1-13(2)18-19-16(20-23-18)12-21-10-8-15(9-11-21)17(22)14-6-4-3-5-7-14/h3-7,13,15,17,22H,8-12H2,1-2H3. The molecule has 1 aromatic heterocycles. The van der Waals surface area contributed by atoms with E-state index in [2.05, 4.69) is 15.0 Å². The summed E-state index contributed by atoms with van der Waals surface area (Å²) in [6.07, 6.45) is 1.62. The first-order chi connectivity index (χ1) is 11.1. The van der Waals surface area contributed by atoms with Crippen LogP contribution in [0.1, 0.15) is 56.0 Å². The summed E-state index contributed by atoms with van der Waals surface area (Å²) in [4.78, 5) is 6.77. The normalized spacial score (nSPS) is 18.4. The SMILES string of the molecule is CC(C)c1nc(CN2CCC(C(O)c3ccccc3)CC2)no1. The molecule has 1 aromatic carbocycles. The Morgan fingerprint density at radius 2 is 1.91 bits per heavy atom. The van der Waals surface area contributed by atoms with E-state index in [0.717, 1.165) is 43.9 Å². The van der Waals surface area contributed by atoms with Crippen molar-refractivity contribution >= 4 is 0 Å². The largest absolute Gasteiger partial charge is 0.388 e. The van der Waals surface area contributed by atoms with E-state index < -0.39 is 0 Å². The zero-order chi connectivity index (χ0) is 16.2. The summed E-state index contributed by atoms with van der Waals surface area (Å²) in [5, 5.41) is 14.6. The van der Waals surface area contributed by atoms with Gasteiger partial charge in [0.05, 0.1) is 12.6 Å². The van der Waals surface area contributed by atoms with E-state index in [-0.39, 0.29) is 12.0 Å². The molecular weight excluding hydrogens is 290 g/mol. The first-order valence-corrected chi connectivity index (χ1v) is 8.41. The maximum absolute atomic E-state index is 10.5. The fourth-order valence-electron chi connectivity index (χ4n) is 3.12. The van der Waals surface area contributed by atoms with Gasteiger partial charge in [0.2, 0.25) is 5.89 Å². The number of nitrogens with zero attached hydrogens (tertiary/aromatic N) is 3. The van der Waals surface area contributed by atoms with E-state index in [0.29, 0.717) is 11.8 Å². The van der Waals surface area contributed by atoms with Gasteiger partial charge < -0.3 is 9.63 Å². The number of hydrogen-bond donors (Lipinski definition) is 1. The fourth-order valence-corrected chi connectivity index (χ4v) is 3.12. The molecule has 0 radical (unpaired) electrons. The number of benzene rings is 1. The first kappa shape index (κ1) is 16.1. The van der Waals surface area contributed by atoms with Crippen LogP contribution in [0.25, 0.3) is 0 Å². The molecule has 124 valence electrons. The van der Waals surface area contributed by atoms with E-state index in [9.17, 15) is 5.11 Å². The van der Waals surface area contributed by atoms with E-state index in [1.54, 1.807) is 0 Å². The molecule has 1 aliphatic rings.